The van der Waals surface area contributed by atoms with Crippen molar-refractivity contribution in [2.75, 3.05) is 13.7 Å². The molecule has 9 nitrogen and oxygen atoms in total. The van der Waals surface area contributed by atoms with Crippen LogP contribution in [0, 0.1) is 5.92 Å². The number of likely N-dealkylation sites (tertiary alicyclic amines) is 1. The van der Waals surface area contributed by atoms with Gasteiger partial charge in [-0.05, 0) is 55.2 Å². The average Bonchev–Trinajstić information content (AvgIpc) is 2.86. The van der Waals surface area contributed by atoms with Gasteiger partial charge < -0.3 is 14.2 Å². The lowest BCUT2D eigenvalue weighted by Crippen LogP contribution is -2.55. The van der Waals surface area contributed by atoms with E-state index in [0.29, 0.717) is 15.1 Å². The summed E-state index contributed by atoms with van der Waals surface area (Å²) in [5, 5.41) is 1.58. The molecule has 1 aliphatic rings. The van der Waals surface area contributed by atoms with E-state index in [2.05, 4.69) is 4.28 Å². The largest absolute Gasteiger partial charge is 0.748 e. The predicted molar refractivity (Wildman–Crippen MR) is 141 cm³/mol. The van der Waals surface area contributed by atoms with Crippen molar-refractivity contribution in [2.45, 2.75) is 51.1 Å². The first-order valence-electron chi connectivity index (χ1n) is 12.1. The highest BCUT2D eigenvalue weighted by Gasteiger charge is 2.48. The van der Waals surface area contributed by atoms with Crippen LogP contribution in [0.4, 0.5) is 0 Å². The van der Waals surface area contributed by atoms with Crippen molar-refractivity contribution in [2.24, 2.45) is 5.92 Å². The summed E-state index contributed by atoms with van der Waals surface area (Å²) < 4.78 is 31.6. The van der Waals surface area contributed by atoms with E-state index in [-0.39, 0.29) is 31.8 Å². The number of carbonyl (C=O) groups excluding carboxylic acids is 3. The van der Waals surface area contributed by atoms with Crippen LogP contribution in [0.1, 0.15) is 56.2 Å². The number of piperidine rings is 1. The van der Waals surface area contributed by atoms with Crippen molar-refractivity contribution < 1.29 is 32.2 Å². The van der Waals surface area contributed by atoms with E-state index in [1.807, 2.05) is 6.07 Å². The molecule has 0 N–H and O–H groups in total. The van der Waals surface area contributed by atoms with Crippen LogP contribution in [-0.4, -0.2) is 56.2 Å². The molecule has 206 valence electrons. The predicted octanol–water partition coefficient (Wildman–Crippen LogP) is 4.58. The number of rotatable bonds is 10. The van der Waals surface area contributed by atoms with E-state index in [9.17, 15) is 23.1 Å². The zero-order valence-corrected chi connectivity index (χ0v) is 23.5. The monoisotopic (exact) mass is 583 g/mol. The van der Waals surface area contributed by atoms with E-state index in [1.165, 1.54) is 4.90 Å². The molecule has 38 heavy (non-hydrogen) atoms. The van der Waals surface area contributed by atoms with E-state index < -0.39 is 47.1 Å². The lowest BCUT2D eigenvalue weighted by atomic mass is 9.74. The smallest absolute Gasteiger partial charge is 0.328 e. The topological polar surface area (TPSA) is 116 Å². The number of benzene rings is 2. The normalized spacial score (nSPS) is 21.1. The number of hydrogen-bond acceptors (Lipinski definition) is 7. The molecule has 2 amide bonds. The van der Waals surface area contributed by atoms with Gasteiger partial charge in [0.05, 0.1) is 12.6 Å². The second kappa shape index (κ2) is 13.5. The summed E-state index contributed by atoms with van der Waals surface area (Å²) in [6.07, 6.45) is 0.185. The minimum atomic E-state index is -2.95. The van der Waals surface area contributed by atoms with Crippen LogP contribution in [0.3, 0.4) is 0 Å². The molecule has 5 atom stereocenters. The Morgan fingerprint density at radius 2 is 1.82 bits per heavy atom. The molecular weight excluding hydrogens is 555 g/mol. The van der Waals surface area contributed by atoms with Crippen LogP contribution in [0.5, 0.6) is 0 Å². The van der Waals surface area contributed by atoms with E-state index in [4.69, 9.17) is 27.9 Å². The second-order valence-electron chi connectivity index (χ2n) is 8.89. The lowest BCUT2D eigenvalue weighted by molar-refractivity contribution is -0.165. The zero-order valence-electron chi connectivity index (χ0n) is 21.2. The number of amides is 2. The highest BCUT2D eigenvalue weighted by molar-refractivity contribution is 7.74. The summed E-state index contributed by atoms with van der Waals surface area (Å²) in [7, 11) is 1.15. The maximum absolute atomic E-state index is 14.0. The van der Waals surface area contributed by atoms with Crippen molar-refractivity contribution in [3.05, 3.63) is 69.7 Å². The molecule has 0 bridgehead atoms. The second-order valence-corrected chi connectivity index (χ2v) is 10.3. The van der Waals surface area contributed by atoms with Crippen LogP contribution in [0.25, 0.3) is 0 Å². The quantitative estimate of drug-likeness (QED) is 0.228. The van der Waals surface area contributed by atoms with Crippen molar-refractivity contribution >= 4 is 52.3 Å². The van der Waals surface area contributed by atoms with Crippen LogP contribution in [0.2, 0.25) is 10.0 Å². The maximum Gasteiger partial charge on any atom is 0.328 e. The molecular formula is C26H29Cl2N2O7S-. The van der Waals surface area contributed by atoms with Gasteiger partial charge in [-0.1, -0.05) is 54.4 Å². The standard InChI is InChI=1S/C26H30Cl2N2O7S/c1-4-22(26(33)36-5-2)30-24(16-9-11-19(27)12-10-16)21(17-7-6-8-20(28)13-17)14-18(25(30)32)15-23(31)29(3)37-38(34)35/h6-13,18,21-22,24H,4-5,14-15H2,1-3H3,(H,34,35)/p-1. The van der Waals surface area contributed by atoms with E-state index >= 15 is 0 Å². The zero-order chi connectivity index (χ0) is 28.0. The molecule has 0 spiro atoms. The molecule has 1 saturated heterocycles. The summed E-state index contributed by atoms with van der Waals surface area (Å²) in [6.45, 7) is 3.60. The van der Waals surface area contributed by atoms with Crippen LogP contribution in [0.15, 0.2) is 48.5 Å². The Balaban J connectivity index is 2.14. The van der Waals surface area contributed by atoms with Crippen molar-refractivity contribution in [1.29, 1.82) is 0 Å². The van der Waals surface area contributed by atoms with Crippen molar-refractivity contribution in [1.82, 2.24) is 9.96 Å². The molecule has 5 unspecified atom stereocenters. The number of carbonyl (C=O) groups is 3. The van der Waals surface area contributed by atoms with Gasteiger partial charge in [0.25, 0.3) is 0 Å². The number of hydrogen-bond donors (Lipinski definition) is 0. The third-order valence-electron chi connectivity index (χ3n) is 6.54. The summed E-state index contributed by atoms with van der Waals surface area (Å²) in [5.41, 5.74) is 1.57. The number of esters is 1. The van der Waals surface area contributed by atoms with Crippen LogP contribution >= 0.6 is 23.2 Å². The summed E-state index contributed by atoms with van der Waals surface area (Å²) in [4.78, 5) is 41.4. The van der Waals surface area contributed by atoms with Gasteiger partial charge in [-0.25, -0.2) is 14.1 Å². The first-order chi connectivity index (χ1) is 18.1. The van der Waals surface area contributed by atoms with Gasteiger partial charge in [0.15, 0.2) is 0 Å². The minimum absolute atomic E-state index is 0.136. The SMILES string of the molecule is CCOC(=O)C(CC)N1C(=O)C(CC(=O)N(C)OS(=O)[O-])CC(c2cccc(Cl)c2)C1c1ccc(Cl)cc1. The van der Waals surface area contributed by atoms with E-state index in [1.54, 1.807) is 56.3 Å². The van der Waals surface area contributed by atoms with Gasteiger partial charge in [-0.2, -0.15) is 4.28 Å². The molecule has 2 aromatic carbocycles. The number of hydroxylamine groups is 2. The Bertz CT molecular complexity index is 1180. The summed E-state index contributed by atoms with van der Waals surface area (Å²) >= 11 is 9.52. The Morgan fingerprint density at radius 1 is 1.13 bits per heavy atom. The fraction of sp³-hybridized carbons (Fsp3) is 0.423. The third-order valence-corrected chi connectivity index (χ3v) is 7.37. The molecule has 12 heteroatoms. The number of halogens is 2. The molecule has 0 aliphatic carbocycles. The first-order valence-corrected chi connectivity index (χ1v) is 13.9. The van der Waals surface area contributed by atoms with E-state index in [0.717, 1.165) is 18.2 Å². The molecule has 3 rings (SSSR count). The van der Waals surface area contributed by atoms with Crippen molar-refractivity contribution in [3.8, 4) is 0 Å². The molecule has 0 aromatic heterocycles. The maximum atomic E-state index is 14.0. The lowest BCUT2D eigenvalue weighted by Gasteiger charge is -2.47. The van der Waals surface area contributed by atoms with Gasteiger partial charge in [-0.15, -0.1) is 0 Å². The van der Waals surface area contributed by atoms with Gasteiger partial charge in [0, 0.05) is 35.3 Å². The Labute approximate surface area is 234 Å². The Kier molecular flexibility index (Phi) is 10.7. The van der Waals surface area contributed by atoms with Gasteiger partial charge >= 0.3 is 5.97 Å². The van der Waals surface area contributed by atoms with Gasteiger partial charge in [-0.3, -0.25) is 9.59 Å². The number of nitrogens with zero attached hydrogens (tertiary/aromatic N) is 2. The Morgan fingerprint density at radius 3 is 2.39 bits per heavy atom. The Hall–Kier alpha value is -2.50. The highest BCUT2D eigenvalue weighted by Crippen LogP contribution is 2.47. The fourth-order valence-electron chi connectivity index (χ4n) is 4.89. The minimum Gasteiger partial charge on any atom is -0.748 e. The molecule has 1 heterocycles. The average molecular weight is 584 g/mol. The van der Waals surface area contributed by atoms with Crippen LogP contribution < -0.4 is 0 Å². The molecule has 1 aliphatic heterocycles. The number of ether oxygens (including phenoxy) is 1. The third kappa shape index (κ3) is 7.12. The summed E-state index contributed by atoms with van der Waals surface area (Å²) in [6, 6.07) is 12.7. The van der Waals surface area contributed by atoms with Gasteiger partial charge in [0.1, 0.15) is 17.4 Å². The van der Waals surface area contributed by atoms with Crippen molar-refractivity contribution in [3.63, 3.8) is 0 Å². The summed E-state index contributed by atoms with van der Waals surface area (Å²) in [5.74, 6) is -2.92. The van der Waals surface area contributed by atoms with Crippen LogP contribution in [-0.2, 0) is 34.8 Å². The first kappa shape index (κ1) is 30.0. The molecule has 1 fully saturated rings. The molecule has 2 aromatic rings. The molecule has 0 saturated carbocycles. The fourth-order valence-corrected chi connectivity index (χ4v) is 5.48. The molecule has 0 radical (unpaired) electrons. The van der Waals surface area contributed by atoms with Gasteiger partial charge in [0.2, 0.25) is 11.8 Å². The highest BCUT2D eigenvalue weighted by atomic mass is 35.5.